The third-order valence-corrected chi connectivity index (χ3v) is 3.56. The monoisotopic (exact) mass is 387 g/mol. The summed E-state index contributed by atoms with van der Waals surface area (Å²) in [6.07, 6.45) is 0.927. The van der Waals surface area contributed by atoms with Gasteiger partial charge in [0.05, 0.1) is 6.10 Å². The summed E-state index contributed by atoms with van der Waals surface area (Å²) >= 11 is 3.38. The number of hydrogen-bond donors (Lipinski definition) is 1. The van der Waals surface area contributed by atoms with Gasteiger partial charge < -0.3 is 10.1 Å². The number of carbonyl (C=O) groups excluding carboxylic acids is 2. The Morgan fingerprint density at radius 3 is 2.25 bits per heavy atom. The number of ether oxygens (including phenoxy) is 1. The number of benzene rings is 2. The lowest BCUT2D eigenvalue weighted by atomic mass is 10.1. The van der Waals surface area contributed by atoms with Crippen LogP contribution >= 0.6 is 15.9 Å². The Morgan fingerprint density at radius 2 is 1.67 bits per heavy atom. The van der Waals surface area contributed by atoms with E-state index in [1.54, 1.807) is 13.8 Å². The van der Waals surface area contributed by atoms with Crippen molar-refractivity contribution in [3.05, 3.63) is 70.7 Å². The molecule has 0 spiro atoms. The molecule has 0 aliphatic heterocycles. The van der Waals surface area contributed by atoms with Crippen LogP contribution in [0.25, 0.3) is 5.70 Å². The van der Waals surface area contributed by atoms with Gasteiger partial charge in [0.15, 0.2) is 0 Å². The van der Waals surface area contributed by atoms with Gasteiger partial charge in [-0.25, -0.2) is 4.79 Å². The quantitative estimate of drug-likeness (QED) is 0.452. The zero-order chi connectivity index (χ0) is 17.5. The summed E-state index contributed by atoms with van der Waals surface area (Å²) in [5.41, 5.74) is 2.13. The van der Waals surface area contributed by atoms with Gasteiger partial charge in [0, 0.05) is 21.9 Å². The van der Waals surface area contributed by atoms with Gasteiger partial charge in [-0.15, -0.1) is 0 Å². The number of rotatable bonds is 6. The van der Waals surface area contributed by atoms with E-state index in [1.165, 1.54) is 6.08 Å². The Morgan fingerprint density at radius 1 is 1.04 bits per heavy atom. The van der Waals surface area contributed by atoms with Crippen molar-refractivity contribution in [3.63, 3.8) is 0 Å². The number of carbonyl (C=O) groups is 2. The van der Waals surface area contributed by atoms with Crippen molar-refractivity contribution in [1.82, 2.24) is 0 Å². The molecule has 0 fully saturated rings. The fourth-order valence-electron chi connectivity index (χ4n) is 1.96. The molecule has 0 atom stereocenters. The topological polar surface area (TPSA) is 55.4 Å². The molecule has 0 saturated carbocycles. The van der Waals surface area contributed by atoms with Crippen molar-refractivity contribution in [2.75, 3.05) is 5.32 Å². The molecule has 0 aliphatic rings. The summed E-state index contributed by atoms with van der Waals surface area (Å²) in [6.45, 7) is 3.40. The third kappa shape index (κ3) is 5.35. The largest absolute Gasteiger partial charge is 0.457 e. The smallest absolute Gasteiger partial charge is 0.379 e. The highest BCUT2D eigenvalue weighted by Gasteiger charge is 2.16. The maximum atomic E-state index is 12.1. The summed E-state index contributed by atoms with van der Waals surface area (Å²) in [4.78, 5) is 23.9. The molecule has 0 radical (unpaired) electrons. The van der Waals surface area contributed by atoms with E-state index < -0.39 is 11.8 Å². The zero-order valence-corrected chi connectivity index (χ0v) is 15.0. The Balaban J connectivity index is 2.29. The van der Waals surface area contributed by atoms with Crippen molar-refractivity contribution in [2.24, 2.45) is 0 Å². The number of anilines is 1. The predicted octanol–water partition coefficient (Wildman–Crippen LogP) is 4.42. The molecule has 0 unspecified atom stereocenters. The van der Waals surface area contributed by atoms with Gasteiger partial charge in [-0.3, -0.25) is 4.79 Å². The van der Waals surface area contributed by atoms with Crippen molar-refractivity contribution < 1.29 is 14.3 Å². The minimum Gasteiger partial charge on any atom is -0.457 e. The molecule has 24 heavy (non-hydrogen) atoms. The lowest BCUT2D eigenvalue weighted by Gasteiger charge is -2.12. The van der Waals surface area contributed by atoms with E-state index in [1.807, 2.05) is 54.6 Å². The SMILES string of the molecule is CC(C)OC(=O)C(=O)/C=C(/Nc1ccc(Br)cc1)c1ccccc1. The molecule has 0 amide bonds. The predicted molar refractivity (Wildman–Crippen MR) is 98.4 cm³/mol. The molecule has 124 valence electrons. The van der Waals surface area contributed by atoms with Gasteiger partial charge in [0.1, 0.15) is 0 Å². The Kier molecular flexibility index (Phi) is 6.32. The second kappa shape index (κ2) is 8.45. The van der Waals surface area contributed by atoms with E-state index in [9.17, 15) is 9.59 Å². The average molecular weight is 388 g/mol. The Labute approximate surface area is 149 Å². The van der Waals surface area contributed by atoms with Crippen LogP contribution in [0, 0.1) is 0 Å². The first kappa shape index (κ1) is 17.9. The Bertz CT molecular complexity index is 737. The van der Waals surface area contributed by atoms with Crippen molar-refractivity contribution in [1.29, 1.82) is 0 Å². The van der Waals surface area contributed by atoms with Crippen LogP contribution in [0.15, 0.2) is 65.1 Å². The van der Waals surface area contributed by atoms with Crippen LogP contribution in [-0.4, -0.2) is 17.9 Å². The lowest BCUT2D eigenvalue weighted by Crippen LogP contribution is -2.20. The van der Waals surface area contributed by atoms with Gasteiger partial charge in [-0.1, -0.05) is 46.3 Å². The number of halogens is 1. The minimum atomic E-state index is -0.865. The minimum absolute atomic E-state index is 0.338. The van der Waals surface area contributed by atoms with Crippen LogP contribution in [0.3, 0.4) is 0 Å². The second-order valence-corrected chi connectivity index (χ2v) is 6.29. The molecular formula is C19H18BrNO3. The number of ketones is 1. The molecule has 0 saturated heterocycles. The van der Waals surface area contributed by atoms with Crippen molar-refractivity contribution >= 4 is 39.1 Å². The molecule has 0 bridgehead atoms. The lowest BCUT2D eigenvalue weighted by molar-refractivity contribution is -0.154. The first-order valence-corrected chi connectivity index (χ1v) is 8.29. The standard InChI is InChI=1S/C19H18BrNO3/c1-13(2)24-19(23)18(22)12-17(14-6-4-3-5-7-14)21-16-10-8-15(20)9-11-16/h3-13,21H,1-2H3/b17-12+. The van der Waals surface area contributed by atoms with Crippen LogP contribution in [-0.2, 0) is 14.3 Å². The molecule has 2 aromatic rings. The molecule has 5 heteroatoms. The highest BCUT2D eigenvalue weighted by atomic mass is 79.9. The van der Waals surface area contributed by atoms with Gasteiger partial charge in [0.2, 0.25) is 0 Å². The maximum absolute atomic E-state index is 12.1. The fourth-order valence-corrected chi connectivity index (χ4v) is 2.22. The van der Waals surface area contributed by atoms with E-state index in [0.29, 0.717) is 5.70 Å². The first-order chi connectivity index (χ1) is 11.5. The van der Waals surface area contributed by atoms with Crippen LogP contribution in [0.1, 0.15) is 19.4 Å². The Hall–Kier alpha value is -2.40. The van der Waals surface area contributed by atoms with Gasteiger partial charge in [0.25, 0.3) is 5.78 Å². The average Bonchev–Trinajstić information content (AvgIpc) is 2.56. The number of esters is 1. The summed E-state index contributed by atoms with van der Waals surface area (Å²) in [6, 6.07) is 16.9. The molecule has 0 aromatic heterocycles. The molecule has 4 nitrogen and oxygen atoms in total. The van der Waals surface area contributed by atoms with Crippen LogP contribution < -0.4 is 5.32 Å². The van der Waals surface area contributed by atoms with Crippen LogP contribution in [0.4, 0.5) is 5.69 Å². The van der Waals surface area contributed by atoms with E-state index >= 15 is 0 Å². The first-order valence-electron chi connectivity index (χ1n) is 7.50. The summed E-state index contributed by atoms with van der Waals surface area (Å²) in [7, 11) is 0. The summed E-state index contributed by atoms with van der Waals surface area (Å²) in [5, 5.41) is 3.17. The van der Waals surface area contributed by atoms with Crippen LogP contribution in [0.2, 0.25) is 0 Å². The third-order valence-electron chi connectivity index (χ3n) is 3.03. The highest BCUT2D eigenvalue weighted by molar-refractivity contribution is 9.10. The molecule has 0 aliphatic carbocycles. The zero-order valence-electron chi connectivity index (χ0n) is 13.5. The molecule has 2 aromatic carbocycles. The number of nitrogens with one attached hydrogen (secondary N) is 1. The number of hydrogen-bond acceptors (Lipinski definition) is 4. The van der Waals surface area contributed by atoms with E-state index in [4.69, 9.17) is 4.74 Å². The maximum Gasteiger partial charge on any atom is 0.379 e. The molecule has 0 heterocycles. The van der Waals surface area contributed by atoms with Gasteiger partial charge in [-0.2, -0.15) is 0 Å². The highest BCUT2D eigenvalue weighted by Crippen LogP contribution is 2.20. The molecule has 1 N–H and O–H groups in total. The molecular weight excluding hydrogens is 370 g/mol. The normalized spacial score (nSPS) is 11.2. The van der Waals surface area contributed by atoms with Gasteiger partial charge in [-0.05, 0) is 43.7 Å². The van der Waals surface area contributed by atoms with Crippen molar-refractivity contribution in [3.8, 4) is 0 Å². The molecule has 2 rings (SSSR count). The van der Waals surface area contributed by atoms with Crippen molar-refractivity contribution in [2.45, 2.75) is 20.0 Å². The van der Waals surface area contributed by atoms with Crippen LogP contribution in [0.5, 0.6) is 0 Å². The van der Waals surface area contributed by atoms with E-state index in [2.05, 4.69) is 21.2 Å². The summed E-state index contributed by atoms with van der Waals surface area (Å²) in [5.74, 6) is -1.57. The fraction of sp³-hybridized carbons (Fsp3) is 0.158. The van der Waals surface area contributed by atoms with E-state index in [-0.39, 0.29) is 6.10 Å². The van der Waals surface area contributed by atoms with E-state index in [0.717, 1.165) is 15.7 Å². The van der Waals surface area contributed by atoms with Gasteiger partial charge >= 0.3 is 5.97 Å². The summed E-state index contributed by atoms with van der Waals surface area (Å²) < 4.78 is 5.90. The second-order valence-electron chi connectivity index (χ2n) is 5.37.